The van der Waals surface area contributed by atoms with Gasteiger partial charge in [0.1, 0.15) is 5.82 Å². The number of hydrazone groups is 1. The zero-order valence-corrected chi connectivity index (χ0v) is 17.1. The largest absolute Gasteiger partial charge is 0.334 e. The van der Waals surface area contributed by atoms with Crippen LogP contribution in [0.5, 0.6) is 0 Å². The Bertz CT molecular complexity index is 964. The topological polar surface area (TPSA) is 61.8 Å². The summed E-state index contributed by atoms with van der Waals surface area (Å²) in [6, 6.07) is 25.3. The Kier molecular flexibility index (Phi) is 8.05. The fourth-order valence-corrected chi connectivity index (χ4v) is 3.00. The Balaban J connectivity index is 1.54. The summed E-state index contributed by atoms with van der Waals surface area (Å²) in [4.78, 5) is 26.7. The first-order valence-electron chi connectivity index (χ1n) is 10.0. The molecule has 3 aromatic rings. The average Bonchev–Trinajstić information content (AvgIpc) is 2.80. The second-order valence-corrected chi connectivity index (χ2v) is 7.07. The SMILES string of the molecule is O=C(CCC(=O)N(Cc1ccccc1)Cc1ccccc1)N/N=C\c1ccc(F)cc1. The Morgan fingerprint density at radius 2 is 1.35 bits per heavy atom. The Morgan fingerprint density at radius 3 is 1.90 bits per heavy atom. The quantitative estimate of drug-likeness (QED) is 0.417. The van der Waals surface area contributed by atoms with Crippen LogP contribution in [-0.4, -0.2) is 22.9 Å². The van der Waals surface area contributed by atoms with E-state index in [0.29, 0.717) is 18.7 Å². The summed E-state index contributed by atoms with van der Waals surface area (Å²) in [5.74, 6) is -0.799. The molecule has 0 bridgehead atoms. The van der Waals surface area contributed by atoms with E-state index < -0.39 is 0 Å². The molecule has 5 nitrogen and oxygen atoms in total. The molecule has 158 valence electrons. The van der Waals surface area contributed by atoms with Crippen LogP contribution < -0.4 is 5.43 Å². The third-order valence-corrected chi connectivity index (χ3v) is 4.62. The van der Waals surface area contributed by atoms with Crippen molar-refractivity contribution < 1.29 is 14.0 Å². The summed E-state index contributed by atoms with van der Waals surface area (Å²) in [5.41, 5.74) is 5.12. The van der Waals surface area contributed by atoms with E-state index in [9.17, 15) is 14.0 Å². The molecular weight excluding hydrogens is 393 g/mol. The summed E-state index contributed by atoms with van der Waals surface area (Å²) in [6.45, 7) is 0.942. The molecule has 2 amide bonds. The number of nitrogens with one attached hydrogen (secondary N) is 1. The number of halogens is 1. The van der Waals surface area contributed by atoms with Crippen LogP contribution in [0.25, 0.3) is 0 Å². The Hall–Kier alpha value is -3.80. The van der Waals surface area contributed by atoms with Gasteiger partial charge in [-0.05, 0) is 28.8 Å². The van der Waals surface area contributed by atoms with Gasteiger partial charge in [0.15, 0.2) is 0 Å². The van der Waals surface area contributed by atoms with Crippen molar-refractivity contribution in [3.63, 3.8) is 0 Å². The lowest BCUT2D eigenvalue weighted by atomic mass is 10.1. The fraction of sp³-hybridized carbons (Fsp3) is 0.160. The van der Waals surface area contributed by atoms with Crippen molar-refractivity contribution in [1.29, 1.82) is 0 Å². The van der Waals surface area contributed by atoms with Crippen LogP contribution in [0.4, 0.5) is 4.39 Å². The van der Waals surface area contributed by atoms with E-state index in [1.807, 2.05) is 60.7 Å². The molecular formula is C25H24FN3O2. The number of hydrogen-bond donors (Lipinski definition) is 1. The molecule has 0 saturated carbocycles. The zero-order chi connectivity index (χ0) is 21.9. The van der Waals surface area contributed by atoms with Crippen LogP contribution in [0.2, 0.25) is 0 Å². The predicted octanol–water partition coefficient (Wildman–Crippen LogP) is 4.29. The molecule has 0 radical (unpaired) electrons. The second-order valence-electron chi connectivity index (χ2n) is 7.07. The van der Waals surface area contributed by atoms with E-state index in [2.05, 4.69) is 10.5 Å². The lowest BCUT2D eigenvalue weighted by Crippen LogP contribution is -2.31. The van der Waals surface area contributed by atoms with E-state index in [0.717, 1.165) is 11.1 Å². The first-order valence-corrected chi connectivity index (χ1v) is 10.0. The second kappa shape index (κ2) is 11.4. The minimum absolute atomic E-state index is 0.0275. The van der Waals surface area contributed by atoms with Crippen LogP contribution in [0.15, 0.2) is 90.0 Å². The molecule has 0 aliphatic rings. The molecule has 0 aliphatic heterocycles. The van der Waals surface area contributed by atoms with Gasteiger partial charge < -0.3 is 4.90 Å². The number of nitrogens with zero attached hydrogens (tertiary/aromatic N) is 2. The maximum Gasteiger partial charge on any atom is 0.240 e. The van der Waals surface area contributed by atoms with Crippen molar-refractivity contribution in [3.8, 4) is 0 Å². The number of carbonyl (C=O) groups excluding carboxylic acids is 2. The van der Waals surface area contributed by atoms with Gasteiger partial charge in [0, 0.05) is 25.9 Å². The van der Waals surface area contributed by atoms with Crippen LogP contribution in [0.3, 0.4) is 0 Å². The molecule has 0 aliphatic carbocycles. The van der Waals surface area contributed by atoms with Gasteiger partial charge in [-0.1, -0.05) is 72.8 Å². The molecule has 0 unspecified atom stereocenters. The molecule has 0 heterocycles. The van der Waals surface area contributed by atoms with Gasteiger partial charge in [0.05, 0.1) is 6.21 Å². The first kappa shape index (κ1) is 21.9. The molecule has 0 fully saturated rings. The van der Waals surface area contributed by atoms with Crippen molar-refractivity contribution in [2.24, 2.45) is 5.10 Å². The third-order valence-electron chi connectivity index (χ3n) is 4.62. The van der Waals surface area contributed by atoms with Gasteiger partial charge in [-0.3, -0.25) is 9.59 Å². The van der Waals surface area contributed by atoms with Crippen molar-refractivity contribution in [2.45, 2.75) is 25.9 Å². The summed E-state index contributed by atoms with van der Waals surface area (Å²) in [5, 5.41) is 3.86. The minimum Gasteiger partial charge on any atom is -0.334 e. The maximum absolute atomic E-state index is 12.9. The van der Waals surface area contributed by atoms with Gasteiger partial charge in [-0.25, -0.2) is 9.82 Å². The van der Waals surface area contributed by atoms with Gasteiger partial charge in [0.2, 0.25) is 11.8 Å². The predicted molar refractivity (Wildman–Crippen MR) is 119 cm³/mol. The van der Waals surface area contributed by atoms with Crippen molar-refractivity contribution in [2.75, 3.05) is 0 Å². The molecule has 3 aromatic carbocycles. The van der Waals surface area contributed by atoms with Crippen molar-refractivity contribution >= 4 is 18.0 Å². The van der Waals surface area contributed by atoms with E-state index in [1.54, 1.807) is 17.0 Å². The van der Waals surface area contributed by atoms with Crippen LogP contribution in [-0.2, 0) is 22.7 Å². The standard InChI is InChI=1S/C25H24FN3O2/c26-23-13-11-20(12-14-23)17-27-28-24(30)15-16-25(31)29(18-21-7-3-1-4-8-21)19-22-9-5-2-6-10-22/h1-14,17H,15-16,18-19H2,(H,28,30)/b27-17-. The first-order chi connectivity index (χ1) is 15.1. The van der Waals surface area contributed by atoms with E-state index >= 15 is 0 Å². The highest BCUT2D eigenvalue weighted by atomic mass is 19.1. The molecule has 0 atom stereocenters. The fourth-order valence-electron chi connectivity index (χ4n) is 3.00. The molecule has 0 saturated heterocycles. The summed E-state index contributed by atoms with van der Waals surface area (Å²) < 4.78 is 12.9. The molecule has 6 heteroatoms. The van der Waals surface area contributed by atoms with E-state index in [-0.39, 0.29) is 30.5 Å². The number of rotatable bonds is 9. The lowest BCUT2D eigenvalue weighted by molar-refractivity contribution is -0.134. The summed E-state index contributed by atoms with van der Waals surface area (Å²) in [7, 11) is 0. The Morgan fingerprint density at radius 1 is 0.806 bits per heavy atom. The van der Waals surface area contributed by atoms with Gasteiger partial charge in [-0.2, -0.15) is 5.10 Å². The highest BCUT2D eigenvalue weighted by Crippen LogP contribution is 2.12. The van der Waals surface area contributed by atoms with Gasteiger partial charge in [-0.15, -0.1) is 0 Å². The number of benzene rings is 3. The maximum atomic E-state index is 12.9. The van der Waals surface area contributed by atoms with Crippen LogP contribution >= 0.6 is 0 Å². The average molecular weight is 417 g/mol. The highest BCUT2D eigenvalue weighted by Gasteiger charge is 2.16. The molecule has 1 N–H and O–H groups in total. The monoisotopic (exact) mass is 417 g/mol. The molecule has 31 heavy (non-hydrogen) atoms. The van der Waals surface area contributed by atoms with Crippen molar-refractivity contribution in [3.05, 3.63) is 107 Å². The number of hydrogen-bond acceptors (Lipinski definition) is 3. The smallest absolute Gasteiger partial charge is 0.240 e. The minimum atomic E-state index is -0.355. The highest BCUT2D eigenvalue weighted by molar-refractivity contribution is 5.85. The summed E-state index contributed by atoms with van der Waals surface area (Å²) in [6.07, 6.45) is 1.54. The van der Waals surface area contributed by atoms with E-state index in [1.165, 1.54) is 18.3 Å². The third kappa shape index (κ3) is 7.51. The lowest BCUT2D eigenvalue weighted by Gasteiger charge is -2.23. The van der Waals surface area contributed by atoms with Crippen LogP contribution in [0, 0.1) is 5.82 Å². The number of carbonyl (C=O) groups is 2. The van der Waals surface area contributed by atoms with Crippen molar-refractivity contribution in [1.82, 2.24) is 10.3 Å². The van der Waals surface area contributed by atoms with E-state index in [4.69, 9.17) is 0 Å². The normalized spacial score (nSPS) is 10.7. The molecule has 0 aromatic heterocycles. The summed E-state index contributed by atoms with van der Waals surface area (Å²) >= 11 is 0. The Labute approximate surface area is 181 Å². The molecule has 0 spiro atoms. The zero-order valence-electron chi connectivity index (χ0n) is 17.1. The molecule has 3 rings (SSSR count). The number of amides is 2. The van der Waals surface area contributed by atoms with Gasteiger partial charge >= 0.3 is 0 Å². The van der Waals surface area contributed by atoms with Gasteiger partial charge in [0.25, 0.3) is 0 Å². The van der Waals surface area contributed by atoms with Crippen LogP contribution in [0.1, 0.15) is 29.5 Å².